The number of hydrogen-bond donors (Lipinski definition) is 0. The van der Waals surface area contributed by atoms with Crippen molar-refractivity contribution in [3.05, 3.63) is 69.3 Å². The van der Waals surface area contributed by atoms with Crippen LogP contribution in [0.5, 0.6) is 0 Å². The summed E-state index contributed by atoms with van der Waals surface area (Å²) in [4.78, 5) is 0. The van der Waals surface area contributed by atoms with Crippen molar-refractivity contribution in [2.24, 2.45) is 0 Å². The van der Waals surface area contributed by atoms with Crippen LogP contribution >= 0.6 is 11.6 Å². The first-order chi connectivity index (χ1) is 8.91. The molecule has 100 valence electrons. The van der Waals surface area contributed by atoms with Crippen molar-refractivity contribution in [2.45, 2.75) is 40.0 Å². The Labute approximate surface area is 121 Å². The Morgan fingerprint density at radius 3 is 1.95 bits per heavy atom. The summed E-state index contributed by atoms with van der Waals surface area (Å²) < 4.78 is 0. The predicted molar refractivity (Wildman–Crippen MR) is 84.3 cm³/mol. The van der Waals surface area contributed by atoms with Gasteiger partial charge in [0.15, 0.2) is 0 Å². The largest absolute Gasteiger partial charge is 0.113 e. The van der Waals surface area contributed by atoms with Crippen LogP contribution in [0.15, 0.2) is 30.3 Å². The van der Waals surface area contributed by atoms with Gasteiger partial charge in [-0.25, -0.2) is 0 Å². The van der Waals surface area contributed by atoms with E-state index in [4.69, 9.17) is 11.6 Å². The van der Waals surface area contributed by atoms with Gasteiger partial charge in [0, 0.05) is 0 Å². The van der Waals surface area contributed by atoms with Gasteiger partial charge in [-0.3, -0.25) is 0 Å². The van der Waals surface area contributed by atoms with Crippen LogP contribution in [0.25, 0.3) is 0 Å². The van der Waals surface area contributed by atoms with E-state index in [1.165, 1.54) is 38.9 Å². The Bertz CT molecular complexity index is 585. The predicted octanol–water partition coefficient (Wildman–Crippen LogP) is 5.56. The van der Waals surface area contributed by atoms with E-state index < -0.39 is 0 Å². The average molecular weight is 273 g/mol. The number of aryl methyl sites for hydroxylation is 3. The van der Waals surface area contributed by atoms with Crippen LogP contribution in [0.1, 0.15) is 44.3 Å². The first kappa shape index (κ1) is 14.1. The smallest absolute Gasteiger partial charge is 0.0840 e. The van der Waals surface area contributed by atoms with Crippen LogP contribution in [-0.4, -0.2) is 0 Å². The zero-order chi connectivity index (χ0) is 14.2. The molecule has 1 heteroatoms. The molecule has 0 amide bonds. The van der Waals surface area contributed by atoms with Gasteiger partial charge in [-0.2, -0.15) is 0 Å². The van der Waals surface area contributed by atoms with Crippen LogP contribution < -0.4 is 0 Å². The molecule has 19 heavy (non-hydrogen) atoms. The Balaban J connectivity index is 2.59. The average Bonchev–Trinajstić information content (AvgIpc) is 2.36. The SMILES string of the molecule is Cc1cccc(C(Cl)c2c(C)c(C)cc(C)c2C)c1. The number of rotatable bonds is 2. The highest BCUT2D eigenvalue weighted by Crippen LogP contribution is 2.36. The van der Waals surface area contributed by atoms with Gasteiger partial charge in [-0.05, 0) is 68.0 Å². The number of alkyl halides is 1. The van der Waals surface area contributed by atoms with Gasteiger partial charge in [-0.1, -0.05) is 35.9 Å². The maximum Gasteiger partial charge on any atom is 0.0840 e. The molecule has 2 aromatic rings. The molecule has 0 aliphatic heterocycles. The molecule has 1 atom stereocenters. The molecule has 0 saturated heterocycles. The second-order valence-electron chi connectivity index (χ2n) is 5.45. The lowest BCUT2D eigenvalue weighted by Crippen LogP contribution is -2.03. The highest BCUT2D eigenvalue weighted by molar-refractivity contribution is 6.22. The maximum absolute atomic E-state index is 6.76. The van der Waals surface area contributed by atoms with Crippen molar-refractivity contribution >= 4 is 11.6 Å². The van der Waals surface area contributed by atoms with E-state index in [0.717, 1.165) is 0 Å². The summed E-state index contributed by atoms with van der Waals surface area (Å²) in [7, 11) is 0. The zero-order valence-electron chi connectivity index (χ0n) is 12.3. The summed E-state index contributed by atoms with van der Waals surface area (Å²) >= 11 is 6.76. The van der Waals surface area contributed by atoms with Gasteiger partial charge in [0.05, 0.1) is 5.38 Å². The summed E-state index contributed by atoms with van der Waals surface area (Å²) in [5.74, 6) is 0. The molecule has 0 radical (unpaired) electrons. The van der Waals surface area contributed by atoms with Gasteiger partial charge in [0.1, 0.15) is 0 Å². The van der Waals surface area contributed by atoms with Crippen molar-refractivity contribution in [1.82, 2.24) is 0 Å². The molecule has 0 N–H and O–H groups in total. The first-order valence-corrected chi connectivity index (χ1v) is 7.13. The van der Waals surface area contributed by atoms with Gasteiger partial charge < -0.3 is 0 Å². The van der Waals surface area contributed by atoms with E-state index in [1.54, 1.807) is 0 Å². The second-order valence-corrected chi connectivity index (χ2v) is 5.89. The molecule has 0 spiro atoms. The molecule has 0 heterocycles. The van der Waals surface area contributed by atoms with E-state index in [0.29, 0.717) is 0 Å². The van der Waals surface area contributed by atoms with E-state index in [-0.39, 0.29) is 5.38 Å². The lowest BCUT2D eigenvalue weighted by molar-refractivity contribution is 1.05. The van der Waals surface area contributed by atoms with Gasteiger partial charge in [-0.15, -0.1) is 11.6 Å². The molecule has 0 saturated carbocycles. The fourth-order valence-corrected chi connectivity index (χ4v) is 3.09. The molecule has 0 bridgehead atoms. The number of benzene rings is 2. The Morgan fingerprint density at radius 1 is 0.842 bits per heavy atom. The topological polar surface area (TPSA) is 0 Å². The molecule has 0 aromatic heterocycles. The number of hydrogen-bond acceptors (Lipinski definition) is 0. The van der Waals surface area contributed by atoms with Crippen molar-refractivity contribution < 1.29 is 0 Å². The van der Waals surface area contributed by atoms with Crippen molar-refractivity contribution in [3.8, 4) is 0 Å². The van der Waals surface area contributed by atoms with Gasteiger partial charge in [0.2, 0.25) is 0 Å². The summed E-state index contributed by atoms with van der Waals surface area (Å²) in [6.07, 6.45) is 0. The Kier molecular flexibility index (Phi) is 4.01. The summed E-state index contributed by atoms with van der Waals surface area (Å²) in [5, 5.41) is -0.0708. The molecule has 0 aliphatic carbocycles. The van der Waals surface area contributed by atoms with Crippen LogP contribution in [0.3, 0.4) is 0 Å². The van der Waals surface area contributed by atoms with Crippen molar-refractivity contribution in [2.75, 3.05) is 0 Å². The van der Waals surface area contributed by atoms with Crippen LogP contribution in [0, 0.1) is 34.6 Å². The van der Waals surface area contributed by atoms with Crippen molar-refractivity contribution in [1.29, 1.82) is 0 Å². The normalized spacial score (nSPS) is 12.5. The highest BCUT2D eigenvalue weighted by Gasteiger charge is 2.18. The van der Waals surface area contributed by atoms with Crippen LogP contribution in [-0.2, 0) is 0 Å². The minimum atomic E-state index is -0.0708. The van der Waals surface area contributed by atoms with Gasteiger partial charge in [0.25, 0.3) is 0 Å². The molecule has 2 rings (SSSR count). The van der Waals surface area contributed by atoms with Gasteiger partial charge >= 0.3 is 0 Å². The Hall–Kier alpha value is -1.27. The molecular weight excluding hydrogens is 252 g/mol. The standard InChI is InChI=1S/C18H21Cl/c1-11-7-6-8-16(9-11)18(19)17-14(4)12(2)10-13(3)15(17)5/h6-10,18H,1-5H3. The maximum atomic E-state index is 6.76. The summed E-state index contributed by atoms with van der Waals surface area (Å²) in [6.45, 7) is 10.8. The molecular formula is C18H21Cl. The Morgan fingerprint density at radius 2 is 1.42 bits per heavy atom. The second kappa shape index (κ2) is 5.38. The summed E-state index contributed by atoms with van der Waals surface area (Å²) in [5.41, 5.74) is 8.95. The fraction of sp³-hybridized carbons (Fsp3) is 0.333. The molecule has 1 unspecified atom stereocenters. The third kappa shape index (κ3) is 2.69. The molecule has 0 nitrogen and oxygen atoms in total. The third-order valence-corrected chi connectivity index (χ3v) is 4.48. The third-order valence-electron chi connectivity index (χ3n) is 4.01. The lowest BCUT2D eigenvalue weighted by atomic mass is 9.89. The zero-order valence-corrected chi connectivity index (χ0v) is 13.1. The molecule has 0 aliphatic rings. The van der Waals surface area contributed by atoms with Crippen LogP contribution in [0.2, 0.25) is 0 Å². The van der Waals surface area contributed by atoms with E-state index in [9.17, 15) is 0 Å². The number of halogens is 1. The highest BCUT2D eigenvalue weighted by atomic mass is 35.5. The lowest BCUT2D eigenvalue weighted by Gasteiger charge is -2.20. The monoisotopic (exact) mass is 272 g/mol. The minimum Gasteiger partial charge on any atom is -0.113 e. The van der Waals surface area contributed by atoms with E-state index in [2.05, 4.69) is 65.0 Å². The first-order valence-electron chi connectivity index (χ1n) is 6.69. The van der Waals surface area contributed by atoms with E-state index in [1.807, 2.05) is 0 Å². The van der Waals surface area contributed by atoms with E-state index >= 15 is 0 Å². The summed E-state index contributed by atoms with van der Waals surface area (Å²) in [6, 6.07) is 10.7. The van der Waals surface area contributed by atoms with Crippen molar-refractivity contribution in [3.63, 3.8) is 0 Å². The molecule has 0 fully saturated rings. The minimum absolute atomic E-state index is 0.0708. The fourth-order valence-electron chi connectivity index (χ4n) is 2.62. The molecule has 2 aromatic carbocycles. The van der Waals surface area contributed by atoms with Crippen LogP contribution in [0.4, 0.5) is 0 Å². The quantitative estimate of drug-likeness (QED) is 0.628.